The van der Waals surface area contributed by atoms with Crippen molar-refractivity contribution in [2.24, 2.45) is 5.92 Å². The van der Waals surface area contributed by atoms with E-state index >= 15 is 8.90 Å². The third-order valence-electron chi connectivity index (χ3n) is 10.5. The molecule has 1 saturated heterocycles. The number of benzene rings is 4. The van der Waals surface area contributed by atoms with Crippen LogP contribution in [0.5, 0.6) is 11.5 Å². The van der Waals surface area contributed by atoms with Crippen LogP contribution in [0.4, 0.5) is 32.5 Å². The summed E-state index contributed by atoms with van der Waals surface area (Å²) in [6.07, 6.45) is -0.496. The van der Waals surface area contributed by atoms with E-state index in [9.17, 15) is 14.7 Å². The summed E-state index contributed by atoms with van der Waals surface area (Å²) >= 11 is 0. The van der Waals surface area contributed by atoms with Gasteiger partial charge < -0.3 is 28.3 Å². The second-order valence-corrected chi connectivity index (χ2v) is 17.8. The summed E-state index contributed by atoms with van der Waals surface area (Å²) in [4.78, 5) is 46.4. The van der Waals surface area contributed by atoms with Gasteiger partial charge in [0.2, 0.25) is 8.41 Å². The molecule has 262 valence electrons. The molecular formula is C39H38FN3O7Si. The zero-order valence-corrected chi connectivity index (χ0v) is 29.5. The molecule has 0 unspecified atom stereocenters. The lowest BCUT2D eigenvalue weighted by Crippen LogP contribution is -2.45. The van der Waals surface area contributed by atoms with Gasteiger partial charge in [-0.15, -0.1) is 0 Å². The molecule has 3 amide bonds. The van der Waals surface area contributed by atoms with Crippen LogP contribution in [0, 0.1) is 5.92 Å². The standard InChI is InChI=1S/C39H38FN3O7Si/c1-24-37(51(2,3)40)34(17-18-44)50-39(24)28-20-27(43-31-12-5-7-14-33(31)49-23-36(43)46)15-16-29(28)41(38(39)47)21-25-9-8-10-26(19-25)42-30-11-4-6-13-32(30)48-22-35(42)45/h4-16,19-20,24,34,37,44H,17-18,21-23H2,1-3H3/t24-,34+,37-,39+/m1/s1. The Morgan fingerprint density at radius 2 is 1.41 bits per heavy atom. The Hall–Kier alpha value is -5.04. The number of hydrogen-bond acceptors (Lipinski definition) is 7. The van der Waals surface area contributed by atoms with Crippen LogP contribution < -0.4 is 24.2 Å². The van der Waals surface area contributed by atoms with Crippen molar-refractivity contribution in [1.82, 2.24) is 0 Å². The van der Waals surface area contributed by atoms with Crippen LogP contribution in [0.15, 0.2) is 91.0 Å². The van der Waals surface area contributed by atoms with Crippen LogP contribution in [0.2, 0.25) is 18.6 Å². The third kappa shape index (κ3) is 5.23. The number of fused-ring (bicyclic) bond motifs is 4. The molecule has 4 aromatic rings. The number of halogens is 1. The van der Waals surface area contributed by atoms with Crippen molar-refractivity contribution in [3.63, 3.8) is 0 Å². The molecule has 8 rings (SSSR count). The van der Waals surface area contributed by atoms with Crippen LogP contribution in [0.25, 0.3) is 0 Å². The Balaban J connectivity index is 1.23. The molecule has 0 bridgehead atoms. The molecule has 0 aliphatic carbocycles. The lowest BCUT2D eigenvalue weighted by molar-refractivity contribution is -0.146. The van der Waals surface area contributed by atoms with Crippen molar-refractivity contribution in [3.8, 4) is 11.5 Å². The summed E-state index contributed by atoms with van der Waals surface area (Å²) in [5, 5.41) is 10.0. The number of para-hydroxylation sites is 4. The van der Waals surface area contributed by atoms with Crippen LogP contribution >= 0.6 is 0 Å². The molecule has 4 aliphatic rings. The number of aliphatic hydroxyl groups excluding tert-OH is 1. The minimum absolute atomic E-state index is 0.0974. The number of carbonyl (C=O) groups is 3. The van der Waals surface area contributed by atoms with E-state index in [0.29, 0.717) is 45.5 Å². The lowest BCUT2D eigenvalue weighted by Gasteiger charge is -2.32. The van der Waals surface area contributed by atoms with Crippen molar-refractivity contribution in [2.45, 2.75) is 50.2 Å². The fourth-order valence-electron chi connectivity index (χ4n) is 8.48. The maximum absolute atomic E-state index is 16.2. The van der Waals surface area contributed by atoms with E-state index in [0.717, 1.165) is 5.56 Å². The molecule has 1 fully saturated rings. The number of nitrogens with zero attached hydrogens (tertiary/aromatic N) is 3. The predicted molar refractivity (Wildman–Crippen MR) is 192 cm³/mol. The van der Waals surface area contributed by atoms with Gasteiger partial charge in [-0.3, -0.25) is 24.2 Å². The van der Waals surface area contributed by atoms with Crippen molar-refractivity contribution in [1.29, 1.82) is 0 Å². The highest BCUT2D eigenvalue weighted by atomic mass is 28.4. The van der Waals surface area contributed by atoms with Crippen LogP contribution in [-0.4, -0.2) is 57.2 Å². The Morgan fingerprint density at radius 3 is 2.02 bits per heavy atom. The van der Waals surface area contributed by atoms with Crippen LogP contribution in [0.3, 0.4) is 0 Å². The van der Waals surface area contributed by atoms with Crippen molar-refractivity contribution in [2.75, 3.05) is 34.5 Å². The zero-order valence-electron chi connectivity index (χ0n) is 28.5. The smallest absolute Gasteiger partial charge is 0.269 e. The van der Waals surface area contributed by atoms with Gasteiger partial charge in [-0.1, -0.05) is 43.3 Å². The minimum Gasteiger partial charge on any atom is -0.482 e. The summed E-state index contributed by atoms with van der Waals surface area (Å²) in [6.45, 7) is 4.79. The number of carbonyl (C=O) groups excluding carboxylic acids is 3. The van der Waals surface area contributed by atoms with Crippen molar-refractivity contribution >= 4 is 54.6 Å². The number of ether oxygens (including phenoxy) is 3. The number of amides is 3. The first-order chi connectivity index (χ1) is 24.5. The van der Waals surface area contributed by atoms with Gasteiger partial charge in [-0.05, 0) is 79.7 Å². The molecule has 1 spiro atoms. The Labute approximate surface area is 296 Å². The Morgan fingerprint density at radius 1 is 0.804 bits per heavy atom. The van der Waals surface area contributed by atoms with Gasteiger partial charge >= 0.3 is 0 Å². The van der Waals surface area contributed by atoms with E-state index in [4.69, 9.17) is 14.2 Å². The molecule has 4 atom stereocenters. The number of anilines is 5. The predicted octanol–water partition coefficient (Wildman–Crippen LogP) is 6.51. The van der Waals surface area contributed by atoms with Crippen molar-refractivity contribution in [3.05, 3.63) is 102 Å². The number of rotatable bonds is 7. The third-order valence-corrected chi connectivity index (χ3v) is 13.0. The topological polar surface area (TPSA) is 109 Å². The summed E-state index contributed by atoms with van der Waals surface area (Å²) < 4.78 is 34.3. The summed E-state index contributed by atoms with van der Waals surface area (Å²) in [5.41, 5.74) is 2.13. The summed E-state index contributed by atoms with van der Waals surface area (Å²) in [6, 6.07) is 27.5. The normalized spacial score (nSPS) is 24.0. The monoisotopic (exact) mass is 707 g/mol. The van der Waals surface area contributed by atoms with Gasteiger partial charge in [0.1, 0.15) is 11.5 Å². The quantitative estimate of drug-likeness (QED) is 0.173. The van der Waals surface area contributed by atoms with E-state index in [-0.39, 0.29) is 50.5 Å². The molecule has 0 saturated carbocycles. The zero-order chi connectivity index (χ0) is 35.7. The second-order valence-electron chi connectivity index (χ2n) is 14.0. The van der Waals surface area contributed by atoms with Gasteiger partial charge in [-0.2, -0.15) is 0 Å². The first-order valence-corrected chi connectivity index (χ1v) is 20.1. The fraction of sp³-hybridized carbons (Fsp3) is 0.308. The molecular weight excluding hydrogens is 670 g/mol. The average Bonchev–Trinajstić information content (AvgIpc) is 3.54. The fourth-order valence-corrected chi connectivity index (χ4v) is 11.0. The van der Waals surface area contributed by atoms with Gasteiger partial charge in [0.05, 0.1) is 29.7 Å². The maximum Gasteiger partial charge on any atom is 0.269 e. The van der Waals surface area contributed by atoms with E-state index in [1.54, 1.807) is 46.0 Å². The molecule has 0 radical (unpaired) electrons. The van der Waals surface area contributed by atoms with Crippen LogP contribution in [0.1, 0.15) is 24.5 Å². The molecule has 4 aromatic carbocycles. The molecule has 4 heterocycles. The van der Waals surface area contributed by atoms with E-state index in [1.165, 1.54) is 0 Å². The summed E-state index contributed by atoms with van der Waals surface area (Å²) in [5.74, 6) is -0.236. The molecule has 10 nitrogen and oxygen atoms in total. The Bertz CT molecular complexity index is 2070. The minimum atomic E-state index is -3.43. The average molecular weight is 708 g/mol. The first kappa shape index (κ1) is 33.1. The van der Waals surface area contributed by atoms with Crippen molar-refractivity contribution < 1.29 is 37.8 Å². The highest BCUT2D eigenvalue weighted by Gasteiger charge is 2.66. The number of aliphatic hydroxyl groups is 1. The van der Waals surface area contributed by atoms with Gasteiger partial charge in [-0.25, -0.2) is 0 Å². The largest absolute Gasteiger partial charge is 0.482 e. The Kier molecular flexibility index (Phi) is 8.00. The highest BCUT2D eigenvalue weighted by molar-refractivity contribution is 6.72. The van der Waals surface area contributed by atoms with Gasteiger partial charge in [0, 0.05) is 35.0 Å². The SMILES string of the molecule is C[C@@H]1[C@@H]([Si](C)(C)F)[C@H](CCO)O[C@@]12C(=O)N(Cc1cccc(N3C(=O)COc4ccccc43)c1)c1ccc(N3C(=O)COc4ccccc43)cc12. The molecule has 1 N–H and O–H groups in total. The lowest BCUT2D eigenvalue weighted by atomic mass is 9.82. The number of hydrogen-bond donors (Lipinski definition) is 1. The second kappa shape index (κ2) is 12.3. The van der Waals surface area contributed by atoms with E-state index in [1.807, 2.05) is 79.7 Å². The van der Waals surface area contributed by atoms with Gasteiger partial charge in [0.15, 0.2) is 18.8 Å². The molecule has 51 heavy (non-hydrogen) atoms. The summed E-state index contributed by atoms with van der Waals surface area (Å²) in [7, 11) is -3.43. The van der Waals surface area contributed by atoms with Gasteiger partial charge in [0.25, 0.3) is 17.7 Å². The van der Waals surface area contributed by atoms with Crippen LogP contribution in [-0.2, 0) is 31.3 Å². The molecule has 12 heteroatoms. The highest BCUT2D eigenvalue weighted by Crippen LogP contribution is 2.61. The van der Waals surface area contributed by atoms with E-state index < -0.39 is 31.6 Å². The maximum atomic E-state index is 16.2. The van der Waals surface area contributed by atoms with E-state index in [2.05, 4.69) is 0 Å². The molecule has 4 aliphatic heterocycles. The first-order valence-electron chi connectivity index (χ1n) is 17.2. The molecule has 0 aromatic heterocycles.